The summed E-state index contributed by atoms with van der Waals surface area (Å²) in [5, 5.41) is 0. The Balaban J connectivity index is 2.05. The Kier molecular flexibility index (Phi) is 3.85. The third-order valence-corrected chi connectivity index (χ3v) is 3.68. The van der Waals surface area contributed by atoms with Gasteiger partial charge in [0, 0.05) is 38.4 Å². The van der Waals surface area contributed by atoms with E-state index in [4.69, 9.17) is 0 Å². The first kappa shape index (κ1) is 12.2. The van der Waals surface area contributed by atoms with E-state index in [-0.39, 0.29) is 0 Å². The molecule has 1 heterocycles. The molecule has 2 heteroatoms. The molecule has 0 amide bonds. The van der Waals surface area contributed by atoms with Gasteiger partial charge < -0.3 is 4.90 Å². The van der Waals surface area contributed by atoms with Crippen LogP contribution in [0.5, 0.6) is 0 Å². The Labute approximate surface area is 105 Å². The van der Waals surface area contributed by atoms with Crippen molar-refractivity contribution in [2.75, 3.05) is 37.6 Å². The molecule has 0 unspecified atom stereocenters. The summed E-state index contributed by atoms with van der Waals surface area (Å²) in [5.41, 5.74) is 4.21. The monoisotopic (exact) mass is 230 g/mol. The molecule has 0 aromatic heterocycles. The zero-order valence-electron chi connectivity index (χ0n) is 10.9. The fourth-order valence-electron chi connectivity index (χ4n) is 2.43. The Morgan fingerprint density at radius 1 is 1.18 bits per heavy atom. The summed E-state index contributed by atoms with van der Waals surface area (Å²) in [5.74, 6) is 0. The summed E-state index contributed by atoms with van der Waals surface area (Å²) >= 11 is 0. The molecule has 1 aliphatic heterocycles. The Morgan fingerprint density at radius 3 is 2.53 bits per heavy atom. The van der Waals surface area contributed by atoms with Crippen LogP contribution < -0.4 is 4.90 Å². The molecule has 0 radical (unpaired) electrons. The second-order valence-corrected chi connectivity index (χ2v) is 4.80. The predicted octanol–water partition coefficient (Wildman–Crippen LogP) is 2.61. The third-order valence-electron chi connectivity index (χ3n) is 3.68. The molecule has 2 nitrogen and oxygen atoms in total. The highest BCUT2D eigenvalue weighted by Gasteiger charge is 2.17. The smallest absolute Gasteiger partial charge is 0.0399 e. The van der Waals surface area contributed by atoms with Crippen molar-refractivity contribution in [3.63, 3.8) is 0 Å². The maximum absolute atomic E-state index is 3.80. The van der Waals surface area contributed by atoms with Crippen molar-refractivity contribution < 1.29 is 0 Å². The second-order valence-electron chi connectivity index (χ2n) is 4.80. The van der Waals surface area contributed by atoms with Crippen molar-refractivity contribution in [3.05, 3.63) is 42.0 Å². The lowest BCUT2D eigenvalue weighted by molar-refractivity contribution is 0.284. The third kappa shape index (κ3) is 2.70. The summed E-state index contributed by atoms with van der Waals surface area (Å²) in [6, 6.07) is 6.59. The summed E-state index contributed by atoms with van der Waals surface area (Å²) in [6.45, 7) is 13.8. The highest BCUT2D eigenvalue weighted by atomic mass is 15.3. The molecular weight excluding hydrogens is 208 g/mol. The molecule has 1 aromatic carbocycles. The van der Waals surface area contributed by atoms with Crippen molar-refractivity contribution in [2.45, 2.75) is 13.8 Å². The zero-order chi connectivity index (χ0) is 12.3. The van der Waals surface area contributed by atoms with E-state index in [9.17, 15) is 0 Å². The Bertz CT molecular complexity index is 390. The van der Waals surface area contributed by atoms with Crippen molar-refractivity contribution in [1.29, 1.82) is 0 Å². The van der Waals surface area contributed by atoms with Gasteiger partial charge in [0.2, 0.25) is 0 Å². The van der Waals surface area contributed by atoms with Gasteiger partial charge in [-0.25, -0.2) is 0 Å². The van der Waals surface area contributed by atoms with Gasteiger partial charge in [-0.3, -0.25) is 4.90 Å². The summed E-state index contributed by atoms with van der Waals surface area (Å²) in [4.78, 5) is 4.95. The zero-order valence-corrected chi connectivity index (χ0v) is 10.9. The van der Waals surface area contributed by atoms with Gasteiger partial charge in [0.05, 0.1) is 0 Å². The van der Waals surface area contributed by atoms with Gasteiger partial charge in [-0.15, -0.1) is 6.58 Å². The van der Waals surface area contributed by atoms with Gasteiger partial charge in [-0.2, -0.15) is 0 Å². The molecule has 0 spiro atoms. The van der Waals surface area contributed by atoms with Crippen LogP contribution in [0.15, 0.2) is 30.9 Å². The van der Waals surface area contributed by atoms with Crippen LogP contribution >= 0.6 is 0 Å². The number of benzene rings is 1. The number of rotatable bonds is 3. The summed E-state index contributed by atoms with van der Waals surface area (Å²) < 4.78 is 0. The van der Waals surface area contributed by atoms with Crippen molar-refractivity contribution >= 4 is 5.69 Å². The van der Waals surface area contributed by atoms with E-state index in [0.717, 1.165) is 32.7 Å². The standard InChI is InChI=1S/C15H22N2/c1-4-8-16-9-11-17(12-10-16)15-7-5-6-13(2)14(15)3/h4-7H,1,8-12H2,2-3H3. The molecule has 1 aliphatic rings. The Morgan fingerprint density at radius 2 is 1.88 bits per heavy atom. The van der Waals surface area contributed by atoms with Gasteiger partial charge in [-0.05, 0) is 31.0 Å². The van der Waals surface area contributed by atoms with Crippen LogP contribution in [0.2, 0.25) is 0 Å². The van der Waals surface area contributed by atoms with Gasteiger partial charge in [0.25, 0.3) is 0 Å². The van der Waals surface area contributed by atoms with Crippen LogP contribution in [0.25, 0.3) is 0 Å². The molecule has 0 saturated carbocycles. The average molecular weight is 230 g/mol. The largest absolute Gasteiger partial charge is 0.369 e. The number of piperazine rings is 1. The highest BCUT2D eigenvalue weighted by molar-refractivity contribution is 5.56. The highest BCUT2D eigenvalue weighted by Crippen LogP contribution is 2.23. The average Bonchev–Trinajstić information content (AvgIpc) is 2.34. The van der Waals surface area contributed by atoms with E-state index < -0.39 is 0 Å². The molecule has 0 N–H and O–H groups in total. The lowest BCUT2D eigenvalue weighted by Gasteiger charge is -2.36. The molecule has 2 rings (SSSR count). The fraction of sp³-hybridized carbons (Fsp3) is 0.467. The maximum Gasteiger partial charge on any atom is 0.0399 e. The van der Waals surface area contributed by atoms with Crippen LogP contribution in [-0.2, 0) is 0 Å². The molecule has 0 aliphatic carbocycles. The van der Waals surface area contributed by atoms with Crippen LogP contribution in [0, 0.1) is 13.8 Å². The summed E-state index contributed by atoms with van der Waals surface area (Å²) in [6.07, 6.45) is 1.99. The van der Waals surface area contributed by atoms with Crippen LogP contribution in [0.3, 0.4) is 0 Å². The quantitative estimate of drug-likeness (QED) is 0.737. The number of hydrogen-bond donors (Lipinski definition) is 0. The molecule has 0 atom stereocenters. The minimum absolute atomic E-state index is 1.01. The first-order valence-electron chi connectivity index (χ1n) is 6.37. The van der Waals surface area contributed by atoms with Crippen molar-refractivity contribution in [1.82, 2.24) is 4.90 Å². The van der Waals surface area contributed by atoms with Crippen molar-refractivity contribution in [2.24, 2.45) is 0 Å². The number of anilines is 1. The van der Waals surface area contributed by atoms with E-state index in [1.54, 1.807) is 0 Å². The SMILES string of the molecule is C=CCN1CCN(c2cccc(C)c2C)CC1. The first-order valence-corrected chi connectivity index (χ1v) is 6.37. The van der Waals surface area contributed by atoms with E-state index >= 15 is 0 Å². The minimum Gasteiger partial charge on any atom is -0.369 e. The van der Waals surface area contributed by atoms with Gasteiger partial charge in [0.1, 0.15) is 0 Å². The minimum atomic E-state index is 1.01. The van der Waals surface area contributed by atoms with Gasteiger partial charge in [0.15, 0.2) is 0 Å². The molecule has 1 fully saturated rings. The normalized spacial score (nSPS) is 17.2. The van der Waals surface area contributed by atoms with Gasteiger partial charge >= 0.3 is 0 Å². The molecule has 17 heavy (non-hydrogen) atoms. The second kappa shape index (κ2) is 5.37. The molecule has 1 aromatic rings. The van der Waals surface area contributed by atoms with Crippen molar-refractivity contribution in [3.8, 4) is 0 Å². The maximum atomic E-state index is 3.80. The topological polar surface area (TPSA) is 6.48 Å². The van der Waals surface area contributed by atoms with Gasteiger partial charge in [-0.1, -0.05) is 18.2 Å². The lowest BCUT2D eigenvalue weighted by atomic mass is 10.1. The van der Waals surface area contributed by atoms with Crippen LogP contribution in [0.4, 0.5) is 5.69 Å². The number of nitrogens with zero attached hydrogens (tertiary/aromatic N) is 2. The summed E-state index contributed by atoms with van der Waals surface area (Å²) in [7, 11) is 0. The van der Waals surface area contributed by atoms with E-state index in [2.05, 4.69) is 48.4 Å². The predicted molar refractivity (Wildman–Crippen MR) is 74.8 cm³/mol. The molecule has 1 saturated heterocycles. The number of aryl methyl sites for hydroxylation is 1. The van der Waals surface area contributed by atoms with E-state index in [1.165, 1.54) is 16.8 Å². The number of hydrogen-bond acceptors (Lipinski definition) is 2. The van der Waals surface area contributed by atoms with Crippen LogP contribution in [0.1, 0.15) is 11.1 Å². The lowest BCUT2D eigenvalue weighted by Crippen LogP contribution is -2.46. The first-order chi connectivity index (χ1) is 8.22. The molecular formula is C15H22N2. The molecule has 0 bridgehead atoms. The van der Waals surface area contributed by atoms with Crippen LogP contribution in [-0.4, -0.2) is 37.6 Å². The molecule has 92 valence electrons. The van der Waals surface area contributed by atoms with E-state index in [1.807, 2.05) is 6.08 Å². The fourth-order valence-corrected chi connectivity index (χ4v) is 2.43. The Hall–Kier alpha value is -1.28. The van der Waals surface area contributed by atoms with E-state index in [0.29, 0.717) is 0 Å².